The zero-order valence-corrected chi connectivity index (χ0v) is 31.0. The molecule has 0 amide bonds. The normalized spacial score (nSPS) is 13.2. The average molecular weight is 695 g/mol. The van der Waals surface area contributed by atoms with Gasteiger partial charge in [-0.25, -0.2) is 4.57 Å². The van der Waals surface area contributed by atoms with E-state index in [-0.39, 0.29) is 19.4 Å². The Morgan fingerprint density at radius 3 is 1.56 bits per heavy atom. The lowest BCUT2D eigenvalue weighted by Gasteiger charge is -2.18. The molecule has 0 aromatic heterocycles. The highest BCUT2D eigenvalue weighted by molar-refractivity contribution is 7.46. The molecular formula is C39H67O8P. The molecule has 0 aliphatic rings. The van der Waals surface area contributed by atoms with E-state index in [9.17, 15) is 14.2 Å². The second kappa shape index (κ2) is 34.6. The van der Waals surface area contributed by atoms with E-state index in [1.807, 2.05) is 0 Å². The topological polar surface area (TPSA) is 119 Å². The van der Waals surface area contributed by atoms with Crippen LogP contribution >= 0.6 is 7.82 Å². The van der Waals surface area contributed by atoms with Crippen LogP contribution in [0.25, 0.3) is 0 Å². The molecule has 48 heavy (non-hydrogen) atoms. The van der Waals surface area contributed by atoms with E-state index in [2.05, 4.69) is 79.1 Å². The first-order valence-electron chi connectivity index (χ1n) is 18.6. The SMILES string of the molecule is CC/C=C/C/C=C/C/C=C/C/C=C/CCCCC(=O)O[C@H](COC(=O)CCCCCCCCCCC/C=C/CCCC)COP(=O)(O)O. The van der Waals surface area contributed by atoms with Crippen molar-refractivity contribution in [1.82, 2.24) is 0 Å². The summed E-state index contributed by atoms with van der Waals surface area (Å²) in [5, 5.41) is 0. The predicted molar refractivity (Wildman–Crippen MR) is 197 cm³/mol. The van der Waals surface area contributed by atoms with Crippen molar-refractivity contribution < 1.29 is 37.9 Å². The number of hydrogen-bond acceptors (Lipinski definition) is 6. The van der Waals surface area contributed by atoms with E-state index in [1.54, 1.807) is 0 Å². The minimum atomic E-state index is -4.76. The Balaban J connectivity index is 4.05. The van der Waals surface area contributed by atoms with Gasteiger partial charge in [0.1, 0.15) is 6.61 Å². The first-order chi connectivity index (χ1) is 23.3. The van der Waals surface area contributed by atoms with Gasteiger partial charge in [0.15, 0.2) is 6.10 Å². The molecule has 0 saturated heterocycles. The van der Waals surface area contributed by atoms with Crippen LogP contribution in [0.1, 0.15) is 155 Å². The van der Waals surface area contributed by atoms with Crippen molar-refractivity contribution in [1.29, 1.82) is 0 Å². The van der Waals surface area contributed by atoms with Crippen LogP contribution in [0, 0.1) is 0 Å². The van der Waals surface area contributed by atoms with Crippen molar-refractivity contribution in [3.05, 3.63) is 60.8 Å². The van der Waals surface area contributed by atoms with Crippen molar-refractivity contribution >= 4 is 19.8 Å². The fourth-order valence-electron chi connectivity index (χ4n) is 4.75. The summed E-state index contributed by atoms with van der Waals surface area (Å²) in [6.45, 7) is 3.49. The van der Waals surface area contributed by atoms with Crippen LogP contribution < -0.4 is 0 Å². The van der Waals surface area contributed by atoms with E-state index < -0.39 is 32.5 Å². The number of esters is 2. The van der Waals surface area contributed by atoms with E-state index in [0.29, 0.717) is 12.8 Å². The van der Waals surface area contributed by atoms with Gasteiger partial charge in [0, 0.05) is 12.8 Å². The van der Waals surface area contributed by atoms with E-state index in [0.717, 1.165) is 57.8 Å². The maximum Gasteiger partial charge on any atom is 0.469 e. The van der Waals surface area contributed by atoms with Crippen LogP contribution in [0.4, 0.5) is 0 Å². The summed E-state index contributed by atoms with van der Waals surface area (Å²) in [6.07, 6.45) is 42.3. The van der Waals surface area contributed by atoms with Gasteiger partial charge in [-0.3, -0.25) is 14.1 Å². The van der Waals surface area contributed by atoms with E-state index >= 15 is 0 Å². The Hall–Kier alpha value is -2.25. The molecule has 0 fully saturated rings. The third-order valence-electron chi connectivity index (χ3n) is 7.52. The second-order valence-electron chi connectivity index (χ2n) is 12.2. The molecule has 9 heteroatoms. The Labute approximate surface area is 292 Å². The minimum absolute atomic E-state index is 0.157. The highest BCUT2D eigenvalue weighted by Crippen LogP contribution is 2.36. The lowest BCUT2D eigenvalue weighted by atomic mass is 10.1. The lowest BCUT2D eigenvalue weighted by Crippen LogP contribution is -2.29. The van der Waals surface area contributed by atoms with Gasteiger partial charge in [-0.2, -0.15) is 0 Å². The van der Waals surface area contributed by atoms with Gasteiger partial charge in [-0.15, -0.1) is 0 Å². The summed E-state index contributed by atoms with van der Waals surface area (Å²) in [7, 11) is -4.76. The van der Waals surface area contributed by atoms with Gasteiger partial charge in [0.05, 0.1) is 6.61 Å². The summed E-state index contributed by atoms with van der Waals surface area (Å²) in [5.41, 5.74) is 0. The fraction of sp³-hybridized carbons (Fsp3) is 0.692. The highest BCUT2D eigenvalue weighted by atomic mass is 31.2. The third kappa shape index (κ3) is 36.6. The minimum Gasteiger partial charge on any atom is -0.462 e. The third-order valence-corrected chi connectivity index (χ3v) is 8.01. The van der Waals surface area contributed by atoms with E-state index in [1.165, 1.54) is 57.8 Å². The van der Waals surface area contributed by atoms with Crippen molar-refractivity contribution in [2.75, 3.05) is 13.2 Å². The van der Waals surface area contributed by atoms with Crippen LogP contribution in [0.15, 0.2) is 60.8 Å². The van der Waals surface area contributed by atoms with Crippen molar-refractivity contribution in [3.63, 3.8) is 0 Å². The van der Waals surface area contributed by atoms with Crippen molar-refractivity contribution in [2.24, 2.45) is 0 Å². The number of carbonyl (C=O) groups excluding carboxylic acids is 2. The number of hydrogen-bond donors (Lipinski definition) is 2. The average Bonchev–Trinajstić information content (AvgIpc) is 3.05. The monoisotopic (exact) mass is 694 g/mol. The molecule has 2 N–H and O–H groups in total. The van der Waals surface area contributed by atoms with Crippen LogP contribution in [0.2, 0.25) is 0 Å². The Kier molecular flexibility index (Phi) is 33.0. The molecule has 0 rings (SSSR count). The quantitative estimate of drug-likeness (QED) is 0.0301. The summed E-state index contributed by atoms with van der Waals surface area (Å²) in [4.78, 5) is 42.7. The molecule has 0 bridgehead atoms. The molecule has 0 spiro atoms. The van der Waals surface area contributed by atoms with Gasteiger partial charge < -0.3 is 19.3 Å². The summed E-state index contributed by atoms with van der Waals surface area (Å²) >= 11 is 0. The molecule has 8 nitrogen and oxygen atoms in total. The van der Waals surface area contributed by atoms with Crippen molar-refractivity contribution in [2.45, 2.75) is 161 Å². The largest absolute Gasteiger partial charge is 0.469 e. The predicted octanol–water partition coefficient (Wildman–Crippen LogP) is 11.0. The summed E-state index contributed by atoms with van der Waals surface area (Å²) in [5.74, 6) is -0.941. The maximum absolute atomic E-state index is 12.3. The van der Waals surface area contributed by atoms with Crippen LogP contribution in [0.5, 0.6) is 0 Å². The Morgan fingerprint density at radius 1 is 0.562 bits per heavy atom. The smallest absolute Gasteiger partial charge is 0.462 e. The number of phosphoric acid groups is 1. The van der Waals surface area contributed by atoms with Crippen LogP contribution in [0.3, 0.4) is 0 Å². The number of rotatable bonds is 33. The number of ether oxygens (including phenoxy) is 2. The zero-order chi connectivity index (χ0) is 35.4. The van der Waals surface area contributed by atoms with Gasteiger partial charge in [0.2, 0.25) is 0 Å². The molecular weight excluding hydrogens is 627 g/mol. The molecule has 0 saturated carbocycles. The van der Waals surface area contributed by atoms with Crippen LogP contribution in [-0.4, -0.2) is 41.0 Å². The Bertz CT molecular complexity index is 963. The molecule has 0 aliphatic carbocycles. The number of carbonyl (C=O) groups is 2. The lowest BCUT2D eigenvalue weighted by molar-refractivity contribution is -0.161. The highest BCUT2D eigenvalue weighted by Gasteiger charge is 2.22. The molecule has 0 aliphatic heterocycles. The molecule has 1 atom stereocenters. The number of phosphoric ester groups is 1. The fourth-order valence-corrected chi connectivity index (χ4v) is 5.12. The van der Waals surface area contributed by atoms with Gasteiger partial charge in [-0.1, -0.05) is 132 Å². The molecule has 0 radical (unpaired) electrons. The van der Waals surface area contributed by atoms with Crippen LogP contribution in [-0.2, 0) is 28.2 Å². The summed E-state index contributed by atoms with van der Waals surface area (Å²) in [6, 6.07) is 0. The molecule has 0 aromatic carbocycles. The molecule has 0 heterocycles. The van der Waals surface area contributed by atoms with Crippen molar-refractivity contribution in [3.8, 4) is 0 Å². The number of unbranched alkanes of at least 4 members (excludes halogenated alkanes) is 13. The zero-order valence-electron chi connectivity index (χ0n) is 30.1. The first kappa shape index (κ1) is 45.8. The van der Waals surface area contributed by atoms with Gasteiger partial charge in [-0.05, 0) is 70.6 Å². The van der Waals surface area contributed by atoms with Gasteiger partial charge >= 0.3 is 19.8 Å². The first-order valence-corrected chi connectivity index (χ1v) is 20.1. The molecule has 276 valence electrons. The van der Waals surface area contributed by atoms with E-state index in [4.69, 9.17) is 19.3 Å². The maximum atomic E-state index is 12.3. The second-order valence-corrected chi connectivity index (χ2v) is 13.4. The van der Waals surface area contributed by atoms with Gasteiger partial charge in [0.25, 0.3) is 0 Å². The Morgan fingerprint density at radius 2 is 1.00 bits per heavy atom. The molecule has 0 unspecified atom stereocenters. The number of allylic oxidation sites excluding steroid dienone is 10. The summed E-state index contributed by atoms with van der Waals surface area (Å²) < 4.78 is 26.3. The molecule has 0 aromatic rings. The standard InChI is InChI=1S/C39H67O8P/c1-3-5-7-9-11-13-15-17-19-21-23-25-27-29-31-33-38(40)45-35-37(36-46-48(42,43)44)47-39(41)34-32-30-28-26-24-22-20-18-16-14-12-10-8-6-4-2/h6,8-9,11-12,14,18,20,24,26,37H,3-5,7,10,13,15-17,19,21-23,25,27-36H2,1-2H3,(H2,42,43,44)/b8-6+,11-9+,14-12+,20-18+,26-24+/t37-/m1/s1.